The quantitative estimate of drug-likeness (QED) is 0.943. The Morgan fingerprint density at radius 1 is 1.05 bits per heavy atom. The van der Waals surface area contributed by atoms with Crippen LogP contribution in [0.25, 0.3) is 0 Å². The smallest absolute Gasteiger partial charge is 0.166 e. The standard InChI is InChI=1S/C16H15F2NO2/c1-19-15(10-5-6-12(17)13(18)9-10)11-3-2-4-14-16(11)21-8-7-20-14/h2-6,9,15,19H,7-8H2,1H3. The van der Waals surface area contributed by atoms with Gasteiger partial charge in [-0.1, -0.05) is 18.2 Å². The first-order valence-corrected chi connectivity index (χ1v) is 6.71. The van der Waals surface area contributed by atoms with Crippen molar-refractivity contribution >= 4 is 0 Å². The van der Waals surface area contributed by atoms with Crippen molar-refractivity contribution in [2.45, 2.75) is 6.04 Å². The maximum Gasteiger partial charge on any atom is 0.166 e. The topological polar surface area (TPSA) is 30.5 Å². The van der Waals surface area contributed by atoms with Gasteiger partial charge in [0.15, 0.2) is 23.1 Å². The van der Waals surface area contributed by atoms with Gasteiger partial charge >= 0.3 is 0 Å². The van der Waals surface area contributed by atoms with Crippen LogP contribution >= 0.6 is 0 Å². The van der Waals surface area contributed by atoms with Crippen LogP contribution in [-0.4, -0.2) is 20.3 Å². The van der Waals surface area contributed by atoms with Crippen LogP contribution in [0, 0.1) is 11.6 Å². The predicted molar refractivity (Wildman–Crippen MR) is 74.7 cm³/mol. The summed E-state index contributed by atoms with van der Waals surface area (Å²) in [7, 11) is 1.76. The fraction of sp³-hybridized carbons (Fsp3) is 0.250. The summed E-state index contributed by atoms with van der Waals surface area (Å²) in [5.41, 5.74) is 1.46. The van der Waals surface area contributed by atoms with Gasteiger partial charge in [-0.15, -0.1) is 0 Å². The molecule has 0 aromatic heterocycles. The van der Waals surface area contributed by atoms with E-state index in [0.717, 1.165) is 11.6 Å². The van der Waals surface area contributed by atoms with Crippen LogP contribution in [0.1, 0.15) is 17.2 Å². The van der Waals surface area contributed by atoms with E-state index in [1.165, 1.54) is 6.07 Å². The van der Waals surface area contributed by atoms with Gasteiger partial charge < -0.3 is 14.8 Å². The molecule has 0 spiro atoms. The molecule has 3 nitrogen and oxygen atoms in total. The summed E-state index contributed by atoms with van der Waals surface area (Å²) in [6, 6.07) is 9.14. The molecular weight excluding hydrogens is 276 g/mol. The Morgan fingerprint density at radius 3 is 2.62 bits per heavy atom. The van der Waals surface area contributed by atoms with Gasteiger partial charge in [0.25, 0.3) is 0 Å². The highest BCUT2D eigenvalue weighted by molar-refractivity contribution is 5.51. The van der Waals surface area contributed by atoms with Crippen LogP contribution in [0.3, 0.4) is 0 Å². The molecule has 110 valence electrons. The molecule has 1 aliphatic rings. The van der Waals surface area contributed by atoms with Crippen molar-refractivity contribution in [2.24, 2.45) is 0 Å². The molecule has 21 heavy (non-hydrogen) atoms. The fourth-order valence-corrected chi connectivity index (χ4v) is 2.52. The Hall–Kier alpha value is -2.14. The van der Waals surface area contributed by atoms with Crippen LogP contribution in [0.5, 0.6) is 11.5 Å². The van der Waals surface area contributed by atoms with Gasteiger partial charge in [-0.3, -0.25) is 0 Å². The molecule has 0 aliphatic carbocycles. The molecule has 1 heterocycles. The zero-order chi connectivity index (χ0) is 14.8. The molecule has 0 fully saturated rings. The number of nitrogens with one attached hydrogen (secondary N) is 1. The maximum absolute atomic E-state index is 13.5. The van der Waals surface area contributed by atoms with E-state index < -0.39 is 11.6 Å². The van der Waals surface area contributed by atoms with Crippen LogP contribution in [0.15, 0.2) is 36.4 Å². The normalized spacial score (nSPS) is 14.8. The Kier molecular flexibility index (Phi) is 3.75. The number of benzene rings is 2. The van der Waals surface area contributed by atoms with E-state index in [1.54, 1.807) is 13.1 Å². The lowest BCUT2D eigenvalue weighted by molar-refractivity contribution is 0.169. The van der Waals surface area contributed by atoms with E-state index in [4.69, 9.17) is 9.47 Å². The SMILES string of the molecule is CNC(c1ccc(F)c(F)c1)c1cccc2c1OCCO2. The number of para-hydroxylation sites is 1. The van der Waals surface area contributed by atoms with Gasteiger partial charge in [0.2, 0.25) is 0 Å². The summed E-state index contributed by atoms with van der Waals surface area (Å²) in [5.74, 6) is -0.410. The van der Waals surface area contributed by atoms with E-state index in [1.807, 2.05) is 18.2 Å². The van der Waals surface area contributed by atoms with Crippen molar-refractivity contribution < 1.29 is 18.3 Å². The molecule has 1 N–H and O–H groups in total. The number of rotatable bonds is 3. The number of fused-ring (bicyclic) bond motifs is 1. The zero-order valence-electron chi connectivity index (χ0n) is 11.5. The summed E-state index contributed by atoms with van der Waals surface area (Å²) >= 11 is 0. The number of ether oxygens (including phenoxy) is 2. The Labute approximate surface area is 121 Å². The number of halogens is 2. The van der Waals surface area contributed by atoms with Crippen LogP contribution in [-0.2, 0) is 0 Å². The van der Waals surface area contributed by atoms with Crippen LogP contribution in [0.2, 0.25) is 0 Å². The van der Waals surface area contributed by atoms with Crippen molar-refractivity contribution in [1.82, 2.24) is 5.32 Å². The molecular formula is C16H15F2NO2. The average Bonchev–Trinajstić information content (AvgIpc) is 2.52. The van der Waals surface area contributed by atoms with Gasteiger partial charge in [-0.05, 0) is 30.8 Å². The molecule has 2 aromatic rings. The van der Waals surface area contributed by atoms with Crippen molar-refractivity contribution in [3.63, 3.8) is 0 Å². The molecule has 0 saturated heterocycles. The second kappa shape index (κ2) is 5.69. The minimum absolute atomic E-state index is 0.309. The van der Waals surface area contributed by atoms with Crippen molar-refractivity contribution in [3.8, 4) is 11.5 Å². The van der Waals surface area contributed by atoms with E-state index in [2.05, 4.69) is 5.32 Å². The summed E-state index contributed by atoms with van der Waals surface area (Å²) in [5, 5.41) is 3.11. The van der Waals surface area contributed by atoms with E-state index in [0.29, 0.717) is 30.3 Å². The van der Waals surface area contributed by atoms with E-state index >= 15 is 0 Å². The molecule has 1 unspecified atom stereocenters. The molecule has 3 rings (SSSR count). The number of hydrogen-bond acceptors (Lipinski definition) is 3. The summed E-state index contributed by atoms with van der Waals surface area (Å²) in [6.45, 7) is 0.976. The largest absolute Gasteiger partial charge is 0.486 e. The summed E-state index contributed by atoms with van der Waals surface area (Å²) in [6.07, 6.45) is 0. The Balaban J connectivity index is 2.06. The van der Waals surface area contributed by atoms with Gasteiger partial charge in [0, 0.05) is 5.56 Å². The monoisotopic (exact) mass is 291 g/mol. The fourth-order valence-electron chi connectivity index (χ4n) is 2.52. The molecule has 0 amide bonds. The third kappa shape index (κ3) is 2.56. The lowest BCUT2D eigenvalue weighted by Crippen LogP contribution is -2.22. The Morgan fingerprint density at radius 2 is 1.86 bits per heavy atom. The minimum Gasteiger partial charge on any atom is -0.486 e. The van der Waals surface area contributed by atoms with Gasteiger partial charge in [-0.2, -0.15) is 0 Å². The minimum atomic E-state index is -0.866. The Bertz CT molecular complexity index is 661. The van der Waals surface area contributed by atoms with Crippen LogP contribution in [0.4, 0.5) is 8.78 Å². The lowest BCUT2D eigenvalue weighted by Gasteiger charge is -2.25. The third-order valence-electron chi connectivity index (χ3n) is 3.47. The van der Waals surface area contributed by atoms with Crippen LogP contribution < -0.4 is 14.8 Å². The molecule has 0 bridgehead atoms. The second-order valence-electron chi connectivity index (χ2n) is 4.77. The molecule has 1 atom stereocenters. The molecule has 0 radical (unpaired) electrons. The van der Waals surface area contributed by atoms with Crippen molar-refractivity contribution in [1.29, 1.82) is 0 Å². The van der Waals surface area contributed by atoms with Gasteiger partial charge in [0.05, 0.1) is 6.04 Å². The van der Waals surface area contributed by atoms with Crippen molar-refractivity contribution in [3.05, 3.63) is 59.2 Å². The molecule has 2 aromatic carbocycles. The van der Waals surface area contributed by atoms with E-state index in [9.17, 15) is 8.78 Å². The van der Waals surface area contributed by atoms with Gasteiger partial charge in [0.1, 0.15) is 13.2 Å². The summed E-state index contributed by atoms with van der Waals surface area (Å²) in [4.78, 5) is 0. The molecule has 0 saturated carbocycles. The molecule has 5 heteroatoms. The van der Waals surface area contributed by atoms with Crippen molar-refractivity contribution in [2.75, 3.05) is 20.3 Å². The molecule has 1 aliphatic heterocycles. The first kappa shape index (κ1) is 13.8. The van der Waals surface area contributed by atoms with E-state index in [-0.39, 0.29) is 6.04 Å². The maximum atomic E-state index is 13.5. The predicted octanol–water partition coefficient (Wildman–Crippen LogP) is 3.04. The lowest BCUT2D eigenvalue weighted by atomic mass is 9.97. The first-order valence-electron chi connectivity index (χ1n) is 6.71. The zero-order valence-corrected chi connectivity index (χ0v) is 11.5. The average molecular weight is 291 g/mol. The highest BCUT2D eigenvalue weighted by atomic mass is 19.2. The third-order valence-corrected chi connectivity index (χ3v) is 3.47. The van der Waals surface area contributed by atoms with Gasteiger partial charge in [-0.25, -0.2) is 8.78 Å². The summed E-state index contributed by atoms with van der Waals surface area (Å²) < 4.78 is 37.8. The highest BCUT2D eigenvalue weighted by Crippen LogP contribution is 2.39. The number of hydrogen-bond donors (Lipinski definition) is 1. The second-order valence-corrected chi connectivity index (χ2v) is 4.77. The highest BCUT2D eigenvalue weighted by Gasteiger charge is 2.23. The first-order chi connectivity index (χ1) is 10.2.